The van der Waals surface area contributed by atoms with Gasteiger partial charge in [0.25, 0.3) is 0 Å². The fraction of sp³-hybridized carbons (Fsp3) is 0.647. The van der Waals surface area contributed by atoms with E-state index in [1.54, 1.807) is 19.1 Å². The lowest BCUT2D eigenvalue weighted by Gasteiger charge is -2.12. The summed E-state index contributed by atoms with van der Waals surface area (Å²) in [7, 11) is 0. The van der Waals surface area contributed by atoms with Gasteiger partial charge in [-0.25, -0.2) is 4.39 Å². The number of rotatable bonds is 11. The number of unbranched alkanes of at least 4 members (excludes halogenated alkanes) is 1. The van der Waals surface area contributed by atoms with Crippen LogP contribution in [0.4, 0.5) is 4.39 Å². The second-order valence-electron chi connectivity index (χ2n) is 5.38. The van der Waals surface area contributed by atoms with E-state index >= 15 is 0 Å². The number of aryl methyl sites for hydroxylation is 1. The summed E-state index contributed by atoms with van der Waals surface area (Å²) in [6, 6.07) is 4.77. The van der Waals surface area contributed by atoms with Crippen molar-refractivity contribution in [1.29, 1.82) is 0 Å². The van der Waals surface area contributed by atoms with Gasteiger partial charge >= 0.3 is 0 Å². The first-order chi connectivity index (χ1) is 10.1. The van der Waals surface area contributed by atoms with Gasteiger partial charge in [0.1, 0.15) is 5.82 Å². The maximum Gasteiger partial charge on any atom is 0.126 e. The van der Waals surface area contributed by atoms with E-state index in [1.165, 1.54) is 12.5 Å². The van der Waals surface area contributed by atoms with Crippen LogP contribution in [-0.2, 0) is 4.74 Å². The number of hydrogen-bond donors (Lipinski definition) is 2. The van der Waals surface area contributed by atoms with Gasteiger partial charge in [0.15, 0.2) is 0 Å². The Morgan fingerprint density at radius 1 is 1.24 bits per heavy atom. The van der Waals surface area contributed by atoms with Gasteiger partial charge in [-0.05, 0) is 56.5 Å². The molecule has 0 saturated heterocycles. The van der Waals surface area contributed by atoms with Gasteiger partial charge in [0.05, 0.1) is 6.10 Å². The topological polar surface area (TPSA) is 41.5 Å². The van der Waals surface area contributed by atoms with E-state index in [-0.39, 0.29) is 5.82 Å². The van der Waals surface area contributed by atoms with Crippen molar-refractivity contribution in [1.82, 2.24) is 5.32 Å². The van der Waals surface area contributed by atoms with Gasteiger partial charge in [-0.15, -0.1) is 0 Å². The van der Waals surface area contributed by atoms with Crippen LogP contribution in [0.5, 0.6) is 0 Å². The molecule has 2 N–H and O–H groups in total. The number of aliphatic hydroxyl groups is 1. The lowest BCUT2D eigenvalue weighted by molar-refractivity contribution is 0.128. The van der Waals surface area contributed by atoms with E-state index in [2.05, 4.69) is 12.2 Å². The van der Waals surface area contributed by atoms with E-state index in [0.29, 0.717) is 12.0 Å². The number of hydrogen-bond acceptors (Lipinski definition) is 3. The molecule has 1 rings (SSSR count). The molecule has 0 saturated carbocycles. The molecular formula is C17H28FNO2. The third-order valence-electron chi connectivity index (χ3n) is 3.45. The molecule has 1 atom stereocenters. The molecular weight excluding hydrogens is 269 g/mol. The zero-order chi connectivity index (χ0) is 15.5. The molecule has 0 aromatic heterocycles. The van der Waals surface area contributed by atoms with Gasteiger partial charge in [-0.2, -0.15) is 0 Å². The number of ether oxygens (including phenoxy) is 1. The van der Waals surface area contributed by atoms with Crippen molar-refractivity contribution in [2.24, 2.45) is 0 Å². The van der Waals surface area contributed by atoms with Crippen LogP contribution in [0.1, 0.15) is 49.8 Å². The Bertz CT molecular complexity index is 398. The highest BCUT2D eigenvalue weighted by Crippen LogP contribution is 2.18. The molecule has 0 radical (unpaired) electrons. The Hall–Kier alpha value is -0.970. The first-order valence-corrected chi connectivity index (χ1v) is 7.87. The van der Waals surface area contributed by atoms with E-state index in [1.807, 2.05) is 0 Å². The van der Waals surface area contributed by atoms with Crippen LogP contribution in [0.2, 0.25) is 0 Å². The minimum absolute atomic E-state index is 0.229. The van der Waals surface area contributed by atoms with E-state index in [9.17, 15) is 9.50 Å². The highest BCUT2D eigenvalue weighted by molar-refractivity contribution is 5.25. The Kier molecular flexibility index (Phi) is 9.22. The normalized spacial score (nSPS) is 12.6. The molecule has 0 fully saturated rings. The van der Waals surface area contributed by atoms with Crippen LogP contribution < -0.4 is 5.32 Å². The average molecular weight is 297 g/mol. The SMILES string of the molecule is CCCCOCCCNCCC(O)c1ccc(F)c(C)c1. The quantitative estimate of drug-likeness (QED) is 0.615. The summed E-state index contributed by atoms with van der Waals surface area (Å²) >= 11 is 0. The third kappa shape index (κ3) is 7.55. The summed E-state index contributed by atoms with van der Waals surface area (Å²) in [5.74, 6) is -0.229. The van der Waals surface area contributed by atoms with Crippen LogP contribution in [0, 0.1) is 12.7 Å². The van der Waals surface area contributed by atoms with E-state index in [0.717, 1.165) is 44.7 Å². The molecule has 0 aliphatic heterocycles. The maximum absolute atomic E-state index is 13.2. The highest BCUT2D eigenvalue weighted by atomic mass is 19.1. The molecule has 0 bridgehead atoms. The van der Waals surface area contributed by atoms with Crippen LogP contribution in [0.15, 0.2) is 18.2 Å². The van der Waals surface area contributed by atoms with Crippen LogP contribution in [0.3, 0.4) is 0 Å². The molecule has 0 amide bonds. The molecule has 21 heavy (non-hydrogen) atoms. The zero-order valence-corrected chi connectivity index (χ0v) is 13.2. The lowest BCUT2D eigenvalue weighted by Crippen LogP contribution is -2.20. The number of nitrogens with one attached hydrogen (secondary N) is 1. The summed E-state index contributed by atoms with van der Waals surface area (Å²) in [6.45, 7) is 7.13. The van der Waals surface area contributed by atoms with Crippen LogP contribution in [0.25, 0.3) is 0 Å². The summed E-state index contributed by atoms with van der Waals surface area (Å²) < 4.78 is 18.6. The molecule has 0 spiro atoms. The molecule has 1 aromatic carbocycles. The molecule has 4 heteroatoms. The highest BCUT2D eigenvalue weighted by Gasteiger charge is 2.08. The monoisotopic (exact) mass is 297 g/mol. The molecule has 0 aliphatic carbocycles. The molecule has 0 aliphatic rings. The van der Waals surface area contributed by atoms with Gasteiger partial charge in [0, 0.05) is 13.2 Å². The standard InChI is InChI=1S/C17H28FNO2/c1-3-4-11-21-12-5-9-19-10-8-17(20)15-6-7-16(18)14(2)13-15/h6-7,13,17,19-20H,3-5,8-12H2,1-2H3. The molecule has 0 heterocycles. The van der Waals surface area contributed by atoms with Crippen molar-refractivity contribution < 1.29 is 14.2 Å². The molecule has 1 aromatic rings. The van der Waals surface area contributed by atoms with Crippen molar-refractivity contribution in [3.63, 3.8) is 0 Å². The molecule has 120 valence electrons. The minimum Gasteiger partial charge on any atom is -0.388 e. The predicted octanol–water partition coefficient (Wildman–Crippen LogP) is 3.35. The first kappa shape index (κ1) is 18.1. The third-order valence-corrected chi connectivity index (χ3v) is 3.45. The smallest absolute Gasteiger partial charge is 0.126 e. The van der Waals surface area contributed by atoms with Crippen LogP contribution in [-0.4, -0.2) is 31.4 Å². The van der Waals surface area contributed by atoms with Crippen LogP contribution >= 0.6 is 0 Å². The summed E-state index contributed by atoms with van der Waals surface area (Å²) in [4.78, 5) is 0. The summed E-state index contributed by atoms with van der Waals surface area (Å²) in [6.07, 6.45) is 3.35. The number of aliphatic hydroxyl groups excluding tert-OH is 1. The number of halogens is 1. The zero-order valence-electron chi connectivity index (χ0n) is 13.2. The fourth-order valence-electron chi connectivity index (χ4n) is 2.05. The molecule has 3 nitrogen and oxygen atoms in total. The molecule has 1 unspecified atom stereocenters. The van der Waals surface area contributed by atoms with Crippen molar-refractivity contribution in [3.05, 3.63) is 35.1 Å². The van der Waals surface area contributed by atoms with Gasteiger partial charge in [-0.1, -0.05) is 25.5 Å². The summed E-state index contributed by atoms with van der Waals surface area (Å²) in [5, 5.41) is 13.3. The Balaban J connectivity index is 2.08. The van der Waals surface area contributed by atoms with E-state index in [4.69, 9.17) is 4.74 Å². The predicted molar refractivity (Wildman–Crippen MR) is 83.9 cm³/mol. The second kappa shape index (κ2) is 10.7. The summed E-state index contributed by atoms with van der Waals surface area (Å²) in [5.41, 5.74) is 1.35. The maximum atomic E-state index is 13.2. The van der Waals surface area contributed by atoms with Gasteiger partial charge in [-0.3, -0.25) is 0 Å². The van der Waals surface area contributed by atoms with Crippen molar-refractivity contribution in [2.45, 2.75) is 45.6 Å². The second-order valence-corrected chi connectivity index (χ2v) is 5.38. The van der Waals surface area contributed by atoms with Gasteiger partial charge in [0.2, 0.25) is 0 Å². The fourth-order valence-corrected chi connectivity index (χ4v) is 2.05. The van der Waals surface area contributed by atoms with E-state index < -0.39 is 6.10 Å². The minimum atomic E-state index is -0.544. The van der Waals surface area contributed by atoms with Crippen molar-refractivity contribution >= 4 is 0 Å². The van der Waals surface area contributed by atoms with Gasteiger partial charge < -0.3 is 15.2 Å². The lowest BCUT2D eigenvalue weighted by atomic mass is 10.0. The van der Waals surface area contributed by atoms with Crippen molar-refractivity contribution in [3.8, 4) is 0 Å². The Labute approximate surface area is 127 Å². The average Bonchev–Trinajstić information content (AvgIpc) is 2.48. The van der Waals surface area contributed by atoms with Crippen molar-refractivity contribution in [2.75, 3.05) is 26.3 Å². The Morgan fingerprint density at radius 3 is 2.71 bits per heavy atom. The first-order valence-electron chi connectivity index (χ1n) is 7.87. The number of benzene rings is 1. The Morgan fingerprint density at radius 2 is 2.00 bits per heavy atom. The largest absolute Gasteiger partial charge is 0.388 e.